The molecule has 1 heterocycles. The van der Waals surface area contributed by atoms with Crippen LogP contribution in [0.3, 0.4) is 0 Å². The fourth-order valence-corrected chi connectivity index (χ4v) is 4.26. The Labute approximate surface area is 178 Å². The molecule has 1 aromatic rings. The van der Waals surface area contributed by atoms with Crippen molar-refractivity contribution in [1.82, 2.24) is 14.9 Å². The van der Waals surface area contributed by atoms with Crippen LogP contribution in [0.15, 0.2) is 22.5 Å². The molecule has 2 rings (SSSR count). The molecule has 0 aromatic carbocycles. The highest BCUT2D eigenvalue weighted by Crippen LogP contribution is 2.25. The second kappa shape index (κ2) is 12.1. The molecule has 0 radical (unpaired) electrons. The van der Waals surface area contributed by atoms with Crippen LogP contribution in [0.25, 0.3) is 0 Å². The summed E-state index contributed by atoms with van der Waals surface area (Å²) in [5, 5.41) is 5.31. The van der Waals surface area contributed by atoms with E-state index in [1.807, 2.05) is 14.0 Å². The van der Waals surface area contributed by atoms with Gasteiger partial charge in [-0.3, -0.25) is 4.99 Å². The van der Waals surface area contributed by atoms with Crippen molar-refractivity contribution in [3.05, 3.63) is 22.4 Å². The van der Waals surface area contributed by atoms with Crippen LogP contribution in [0.4, 0.5) is 0 Å². The molecule has 1 fully saturated rings. The van der Waals surface area contributed by atoms with E-state index in [0.717, 1.165) is 38.3 Å². The van der Waals surface area contributed by atoms with Gasteiger partial charge in [0.2, 0.25) is 10.0 Å². The van der Waals surface area contributed by atoms with E-state index in [9.17, 15) is 8.42 Å². The lowest BCUT2D eigenvalue weighted by Gasteiger charge is -2.25. The molecule has 1 aliphatic carbocycles. The lowest BCUT2D eigenvalue weighted by atomic mass is 9.86. The van der Waals surface area contributed by atoms with Gasteiger partial charge < -0.3 is 10.2 Å². The molecule has 0 aliphatic heterocycles. The summed E-state index contributed by atoms with van der Waals surface area (Å²) in [5.74, 6) is 1.32. The SMILES string of the molecule is CCNC(=NCCS(=O)(=O)NCC1CCC1)N(C)CCc1cccs1.I. The van der Waals surface area contributed by atoms with Crippen LogP contribution in [0.2, 0.25) is 0 Å². The second-order valence-corrected chi connectivity index (χ2v) is 9.41. The number of thiophene rings is 1. The van der Waals surface area contributed by atoms with Gasteiger partial charge in [0.1, 0.15) is 0 Å². The third-order valence-corrected chi connectivity index (χ3v) is 6.67. The molecule has 1 aromatic heterocycles. The first-order valence-corrected chi connectivity index (χ1v) is 11.5. The summed E-state index contributed by atoms with van der Waals surface area (Å²) in [6.45, 7) is 4.46. The van der Waals surface area contributed by atoms with Crippen molar-refractivity contribution in [1.29, 1.82) is 0 Å². The molecule has 1 saturated carbocycles. The number of nitrogens with zero attached hydrogens (tertiary/aromatic N) is 2. The Morgan fingerprint density at radius 1 is 1.42 bits per heavy atom. The average molecular weight is 514 g/mol. The molecule has 0 unspecified atom stereocenters. The van der Waals surface area contributed by atoms with E-state index < -0.39 is 10.0 Å². The molecule has 9 heteroatoms. The zero-order valence-corrected chi connectivity index (χ0v) is 19.6. The average Bonchev–Trinajstić information content (AvgIpc) is 3.03. The number of nitrogens with one attached hydrogen (secondary N) is 2. The van der Waals surface area contributed by atoms with E-state index >= 15 is 0 Å². The summed E-state index contributed by atoms with van der Waals surface area (Å²) >= 11 is 1.75. The van der Waals surface area contributed by atoms with Crippen LogP contribution in [-0.2, 0) is 16.4 Å². The van der Waals surface area contributed by atoms with Crippen molar-refractivity contribution in [2.24, 2.45) is 10.9 Å². The normalized spacial score (nSPS) is 15.2. The van der Waals surface area contributed by atoms with Crippen molar-refractivity contribution < 1.29 is 8.42 Å². The Kier molecular flexibility index (Phi) is 11.0. The molecular formula is C17H31IN4O2S2. The smallest absolute Gasteiger partial charge is 0.213 e. The number of guanidine groups is 1. The Bertz CT molecular complexity index is 631. The highest BCUT2D eigenvalue weighted by molar-refractivity contribution is 14.0. The third kappa shape index (κ3) is 8.53. The van der Waals surface area contributed by atoms with E-state index in [4.69, 9.17) is 0 Å². The lowest BCUT2D eigenvalue weighted by Crippen LogP contribution is -2.40. The number of hydrogen-bond donors (Lipinski definition) is 2. The molecular weight excluding hydrogens is 483 g/mol. The predicted molar refractivity (Wildman–Crippen MR) is 121 cm³/mol. The van der Waals surface area contributed by atoms with E-state index in [1.54, 1.807) is 11.3 Å². The summed E-state index contributed by atoms with van der Waals surface area (Å²) in [5.41, 5.74) is 0. The largest absolute Gasteiger partial charge is 0.357 e. The minimum Gasteiger partial charge on any atom is -0.357 e. The number of aliphatic imine (C=N–C) groups is 1. The van der Waals surface area contributed by atoms with Gasteiger partial charge >= 0.3 is 0 Å². The van der Waals surface area contributed by atoms with Gasteiger partial charge in [0.15, 0.2) is 5.96 Å². The maximum Gasteiger partial charge on any atom is 0.213 e. The number of halogens is 1. The summed E-state index contributed by atoms with van der Waals surface area (Å²) in [7, 11) is -1.25. The predicted octanol–water partition coefficient (Wildman–Crippen LogP) is 2.53. The molecule has 0 spiro atoms. The first-order valence-electron chi connectivity index (χ1n) is 8.99. The Balaban J connectivity index is 0.00000338. The molecule has 0 amide bonds. The maximum absolute atomic E-state index is 12.1. The van der Waals surface area contributed by atoms with Gasteiger partial charge in [0, 0.05) is 31.6 Å². The van der Waals surface area contributed by atoms with Crippen molar-refractivity contribution >= 4 is 51.3 Å². The molecule has 6 nitrogen and oxygen atoms in total. The minimum absolute atomic E-state index is 0. The Hall–Kier alpha value is -0.390. The van der Waals surface area contributed by atoms with Gasteiger partial charge in [0.05, 0.1) is 12.3 Å². The fourth-order valence-electron chi connectivity index (χ4n) is 2.59. The van der Waals surface area contributed by atoms with Crippen molar-refractivity contribution in [2.45, 2.75) is 32.6 Å². The van der Waals surface area contributed by atoms with E-state index in [1.165, 1.54) is 11.3 Å². The van der Waals surface area contributed by atoms with Crippen LogP contribution in [0, 0.1) is 5.92 Å². The van der Waals surface area contributed by atoms with Crippen LogP contribution in [-0.4, -0.2) is 58.3 Å². The van der Waals surface area contributed by atoms with Gasteiger partial charge in [-0.2, -0.15) is 0 Å². The third-order valence-electron chi connectivity index (χ3n) is 4.41. The van der Waals surface area contributed by atoms with E-state index in [-0.39, 0.29) is 36.3 Å². The van der Waals surface area contributed by atoms with E-state index in [2.05, 4.69) is 37.4 Å². The first kappa shape index (κ1) is 23.6. The van der Waals surface area contributed by atoms with Crippen LogP contribution >= 0.6 is 35.3 Å². The topological polar surface area (TPSA) is 73.8 Å². The Morgan fingerprint density at radius 2 is 2.19 bits per heavy atom. The van der Waals surface area contributed by atoms with Crippen LogP contribution < -0.4 is 10.0 Å². The highest BCUT2D eigenvalue weighted by atomic mass is 127. The fraction of sp³-hybridized carbons (Fsp3) is 0.706. The van der Waals surface area contributed by atoms with Gasteiger partial charge in [-0.1, -0.05) is 12.5 Å². The molecule has 1 aliphatic rings. The second-order valence-electron chi connectivity index (χ2n) is 6.45. The zero-order chi connectivity index (χ0) is 18.1. The van der Waals surface area contributed by atoms with Gasteiger partial charge in [-0.25, -0.2) is 13.1 Å². The van der Waals surface area contributed by atoms with Gasteiger partial charge in [0.25, 0.3) is 0 Å². The summed E-state index contributed by atoms with van der Waals surface area (Å²) in [6.07, 6.45) is 4.46. The number of rotatable bonds is 10. The lowest BCUT2D eigenvalue weighted by molar-refractivity contribution is 0.316. The minimum atomic E-state index is -3.24. The number of likely N-dealkylation sites (N-methyl/N-ethyl adjacent to an activating group) is 1. The molecule has 0 saturated heterocycles. The van der Waals surface area contributed by atoms with Crippen molar-refractivity contribution in [3.8, 4) is 0 Å². The standard InChI is InChI=1S/C17H30N4O2S2.HI/c1-3-18-17(21(2)11-9-16-8-5-12-24-16)19-10-13-25(22,23)20-14-15-6-4-7-15;/h5,8,12,15,20H,3-4,6-7,9-11,13-14H2,1-2H3,(H,18,19);1H. The monoisotopic (exact) mass is 514 g/mol. The quantitative estimate of drug-likeness (QED) is 0.286. The zero-order valence-electron chi connectivity index (χ0n) is 15.6. The molecule has 26 heavy (non-hydrogen) atoms. The van der Waals surface area contributed by atoms with Crippen molar-refractivity contribution in [2.75, 3.05) is 39.0 Å². The number of sulfonamides is 1. The summed E-state index contributed by atoms with van der Waals surface area (Å²) in [4.78, 5) is 7.87. The summed E-state index contributed by atoms with van der Waals surface area (Å²) < 4.78 is 26.8. The first-order chi connectivity index (χ1) is 12.0. The van der Waals surface area contributed by atoms with Crippen molar-refractivity contribution in [3.63, 3.8) is 0 Å². The van der Waals surface area contributed by atoms with Crippen LogP contribution in [0.5, 0.6) is 0 Å². The Morgan fingerprint density at radius 3 is 2.77 bits per heavy atom. The van der Waals surface area contributed by atoms with Gasteiger partial charge in [-0.05, 0) is 43.6 Å². The highest BCUT2D eigenvalue weighted by Gasteiger charge is 2.20. The molecule has 0 bridgehead atoms. The summed E-state index contributed by atoms with van der Waals surface area (Å²) in [6, 6.07) is 4.18. The maximum atomic E-state index is 12.1. The van der Waals surface area contributed by atoms with E-state index in [0.29, 0.717) is 12.5 Å². The molecule has 2 N–H and O–H groups in total. The number of hydrogen-bond acceptors (Lipinski definition) is 4. The van der Waals surface area contributed by atoms with Gasteiger partial charge in [-0.15, -0.1) is 35.3 Å². The van der Waals surface area contributed by atoms with Crippen LogP contribution in [0.1, 0.15) is 31.1 Å². The molecule has 150 valence electrons. The molecule has 0 atom stereocenters.